The Morgan fingerprint density at radius 3 is 2.68 bits per heavy atom. The summed E-state index contributed by atoms with van der Waals surface area (Å²) in [4.78, 5) is 17.2. The van der Waals surface area contributed by atoms with E-state index in [0.717, 1.165) is 11.5 Å². The van der Waals surface area contributed by atoms with Crippen molar-refractivity contribution in [1.82, 2.24) is 9.36 Å². The molecule has 19 heavy (non-hydrogen) atoms. The fourth-order valence-corrected chi connectivity index (χ4v) is 2.14. The molecule has 0 fully saturated rings. The monoisotopic (exact) mass is 303 g/mol. The Morgan fingerprint density at radius 2 is 2.21 bits per heavy atom. The maximum absolute atomic E-state index is 11.9. The highest BCUT2D eigenvalue weighted by atomic mass is 35.5. The van der Waals surface area contributed by atoms with Crippen LogP contribution >= 0.6 is 23.1 Å². The molecule has 0 saturated heterocycles. The van der Waals surface area contributed by atoms with Gasteiger partial charge in [-0.3, -0.25) is 4.79 Å². The topological polar surface area (TPSA) is 64.5 Å². The summed E-state index contributed by atoms with van der Waals surface area (Å²) in [6, 6.07) is 0. The fraction of sp³-hybridized carbons (Fsp3) is 0.364. The number of ether oxygens (including phenoxy) is 2. The van der Waals surface area contributed by atoms with Gasteiger partial charge < -0.3 is 9.47 Å². The highest BCUT2D eigenvalue weighted by molar-refractivity contribution is 7.09. The number of hydrogen-bond donors (Lipinski definition) is 0. The van der Waals surface area contributed by atoms with Gasteiger partial charge in [0.05, 0.1) is 11.3 Å². The molecule has 1 aromatic rings. The van der Waals surface area contributed by atoms with Gasteiger partial charge in [-0.1, -0.05) is 18.2 Å². The van der Waals surface area contributed by atoms with Crippen LogP contribution in [0, 0.1) is 0 Å². The summed E-state index contributed by atoms with van der Waals surface area (Å²) in [5.74, 6) is -0.228. The molecule has 2 heterocycles. The normalized spacial score (nSPS) is 18.2. The quantitative estimate of drug-likeness (QED) is 0.801. The first-order chi connectivity index (χ1) is 9.08. The second-order valence-electron chi connectivity index (χ2n) is 3.44. The van der Waals surface area contributed by atoms with E-state index in [-0.39, 0.29) is 5.91 Å². The van der Waals surface area contributed by atoms with E-state index < -0.39 is 6.23 Å². The van der Waals surface area contributed by atoms with Crippen molar-refractivity contribution < 1.29 is 14.3 Å². The summed E-state index contributed by atoms with van der Waals surface area (Å²) in [5, 5.41) is 0.798. The number of aromatic nitrogens is 2. The van der Waals surface area contributed by atoms with Crippen molar-refractivity contribution in [3.8, 4) is 0 Å². The third-order valence-corrected chi connectivity index (χ3v) is 3.27. The molecule has 8 heteroatoms. The average molecular weight is 304 g/mol. The van der Waals surface area contributed by atoms with Crippen molar-refractivity contribution in [1.29, 1.82) is 0 Å². The number of halogens is 1. The first kappa shape index (κ1) is 15.6. The van der Waals surface area contributed by atoms with Crippen LogP contribution in [0.1, 0.15) is 6.92 Å². The Labute approximate surface area is 120 Å². The second-order valence-corrected chi connectivity index (χ2v) is 4.60. The van der Waals surface area contributed by atoms with E-state index in [9.17, 15) is 4.79 Å². The van der Waals surface area contributed by atoms with Crippen LogP contribution in [0.25, 0.3) is 0 Å². The average Bonchev–Trinajstić information content (AvgIpc) is 2.96. The van der Waals surface area contributed by atoms with Crippen LogP contribution in [-0.4, -0.2) is 35.7 Å². The summed E-state index contributed by atoms with van der Waals surface area (Å²) in [5.41, 5.74) is 0.448. The lowest BCUT2D eigenvalue weighted by molar-refractivity contribution is -0.115. The highest BCUT2D eigenvalue weighted by Crippen LogP contribution is 2.34. The van der Waals surface area contributed by atoms with Crippen molar-refractivity contribution in [3.63, 3.8) is 0 Å². The summed E-state index contributed by atoms with van der Waals surface area (Å²) in [6.07, 6.45) is 1.94. The van der Waals surface area contributed by atoms with Crippen LogP contribution in [0.5, 0.6) is 0 Å². The van der Waals surface area contributed by atoms with E-state index >= 15 is 0 Å². The lowest BCUT2D eigenvalue weighted by Crippen LogP contribution is -2.36. The Balaban J connectivity index is 0.000000550. The van der Waals surface area contributed by atoms with Gasteiger partial charge in [-0.25, -0.2) is 9.88 Å². The molecule has 1 aliphatic heterocycles. The summed E-state index contributed by atoms with van der Waals surface area (Å²) in [6.45, 7) is 5.09. The molecule has 0 saturated carbocycles. The molecular formula is C11H14ClN3O3S. The molecule has 0 aromatic carbocycles. The molecule has 6 nitrogen and oxygen atoms in total. The maximum Gasteiger partial charge on any atom is 0.260 e. The van der Waals surface area contributed by atoms with Gasteiger partial charge in [-0.15, -0.1) is 0 Å². The predicted octanol–water partition coefficient (Wildman–Crippen LogP) is 2.15. The zero-order valence-electron chi connectivity index (χ0n) is 10.8. The van der Waals surface area contributed by atoms with Crippen LogP contribution in [0.4, 0.5) is 5.13 Å². The van der Waals surface area contributed by atoms with Crippen LogP contribution in [0.2, 0.25) is 0 Å². The van der Waals surface area contributed by atoms with Crippen LogP contribution in [0.15, 0.2) is 29.8 Å². The number of carbonyl (C=O) groups excluding carboxylic acids is 1. The van der Waals surface area contributed by atoms with E-state index in [0.29, 0.717) is 15.7 Å². The number of nitrogens with zero attached hydrogens (tertiary/aromatic N) is 3. The van der Waals surface area contributed by atoms with Gasteiger partial charge in [0.1, 0.15) is 6.33 Å². The van der Waals surface area contributed by atoms with Gasteiger partial charge >= 0.3 is 0 Å². The van der Waals surface area contributed by atoms with Crippen molar-refractivity contribution >= 4 is 34.2 Å². The van der Waals surface area contributed by atoms with Crippen LogP contribution in [0.3, 0.4) is 0 Å². The van der Waals surface area contributed by atoms with Crippen LogP contribution in [-0.2, 0) is 14.3 Å². The first-order valence-electron chi connectivity index (χ1n) is 5.21. The molecule has 0 N–H and O–H groups in total. The molecule has 2 rings (SSSR count). The van der Waals surface area contributed by atoms with Crippen molar-refractivity contribution in [2.24, 2.45) is 0 Å². The van der Waals surface area contributed by atoms with Gasteiger partial charge in [0.15, 0.2) is 0 Å². The molecule has 1 aliphatic rings. The van der Waals surface area contributed by atoms with E-state index in [2.05, 4.69) is 20.7 Å². The molecule has 0 aliphatic carbocycles. The largest absolute Gasteiger partial charge is 0.473 e. The Kier molecular flexibility index (Phi) is 5.94. The minimum atomic E-state index is -0.681. The lowest BCUT2D eigenvalue weighted by atomic mass is 10.3. The van der Waals surface area contributed by atoms with E-state index in [1.54, 1.807) is 21.1 Å². The number of anilines is 1. The second kappa shape index (κ2) is 7.22. The molecule has 0 radical (unpaired) electrons. The number of carbonyl (C=O) groups is 1. The lowest BCUT2D eigenvalue weighted by Gasteiger charge is -2.21. The van der Waals surface area contributed by atoms with E-state index in [1.165, 1.54) is 17.5 Å². The van der Waals surface area contributed by atoms with E-state index in [4.69, 9.17) is 16.3 Å². The summed E-state index contributed by atoms with van der Waals surface area (Å²) < 4.78 is 13.3. The van der Waals surface area contributed by atoms with Crippen LogP contribution < -0.4 is 4.90 Å². The predicted molar refractivity (Wildman–Crippen MR) is 74.0 cm³/mol. The number of rotatable bonds is 3. The molecule has 0 spiro atoms. The Morgan fingerprint density at radius 1 is 1.58 bits per heavy atom. The van der Waals surface area contributed by atoms with Gasteiger partial charge in [-0.2, -0.15) is 4.37 Å². The fourth-order valence-electron chi connectivity index (χ4n) is 1.36. The maximum atomic E-state index is 11.9. The summed E-state index contributed by atoms with van der Waals surface area (Å²) in [7, 11) is 3.25. The van der Waals surface area contributed by atoms with Crippen molar-refractivity contribution in [2.45, 2.75) is 13.2 Å². The van der Waals surface area contributed by atoms with Gasteiger partial charge in [0.25, 0.3) is 5.91 Å². The van der Waals surface area contributed by atoms with E-state index in [1.807, 2.05) is 0 Å². The van der Waals surface area contributed by atoms with Crippen molar-refractivity contribution in [3.05, 3.63) is 29.8 Å². The number of methoxy groups -OCH3 is 1. The third kappa shape index (κ3) is 3.31. The highest BCUT2D eigenvalue weighted by Gasteiger charge is 2.40. The molecule has 1 atom stereocenters. The smallest absolute Gasteiger partial charge is 0.260 e. The SMILES string of the molecule is C=COC1C(Cl)=C(C)C(=O)N1c1ncns1.COC. The summed E-state index contributed by atoms with van der Waals surface area (Å²) >= 11 is 7.12. The minimum absolute atomic E-state index is 0.228. The molecule has 1 aromatic heterocycles. The number of amides is 1. The molecule has 104 valence electrons. The van der Waals surface area contributed by atoms with Gasteiger partial charge in [-0.05, 0) is 6.92 Å². The minimum Gasteiger partial charge on any atom is -0.473 e. The van der Waals surface area contributed by atoms with Crippen molar-refractivity contribution in [2.75, 3.05) is 19.1 Å². The Bertz CT molecular complexity index is 476. The van der Waals surface area contributed by atoms with Gasteiger partial charge in [0.2, 0.25) is 11.4 Å². The molecule has 0 bridgehead atoms. The third-order valence-electron chi connectivity index (χ3n) is 2.13. The molecule has 1 unspecified atom stereocenters. The first-order valence-corrected chi connectivity index (χ1v) is 6.36. The zero-order chi connectivity index (χ0) is 14.4. The molecular weight excluding hydrogens is 290 g/mol. The standard InChI is InChI=1S/C9H8ClN3O2S.C2H6O/c1-3-15-8-6(10)5(2)7(14)13(8)9-11-4-12-16-9;1-3-2/h3-4,8H,1H2,2H3;1-2H3. The zero-order valence-corrected chi connectivity index (χ0v) is 12.4. The Hall–Kier alpha value is -1.44. The molecule has 1 amide bonds. The van der Waals surface area contributed by atoms with Gasteiger partial charge in [0, 0.05) is 31.3 Å². The number of hydrogen-bond acceptors (Lipinski definition) is 6.